The molecule has 24 heavy (non-hydrogen) atoms. The van der Waals surface area contributed by atoms with Gasteiger partial charge in [-0.1, -0.05) is 0 Å². The Balaban J connectivity index is 1.59. The zero-order chi connectivity index (χ0) is 17.3. The summed E-state index contributed by atoms with van der Waals surface area (Å²) in [6.07, 6.45) is 4.30. The Labute approximate surface area is 152 Å². The fraction of sp³-hybridized carbons (Fsp3) is 0.706. The fourth-order valence-corrected chi connectivity index (χ4v) is 4.65. The smallest absolute Gasteiger partial charge is 0.249 e. The number of rotatable bonds is 3. The lowest BCUT2D eigenvalue weighted by Gasteiger charge is -2.42. The van der Waals surface area contributed by atoms with Crippen molar-refractivity contribution < 1.29 is 5.11 Å². The predicted molar refractivity (Wildman–Crippen MR) is 98.0 cm³/mol. The van der Waals surface area contributed by atoms with E-state index in [4.69, 9.17) is 28.9 Å². The SMILES string of the molecule is N[C@H](C1CCN(c2cc[nH]c(=O)c2)CC1)C1CC(Cl)C(Cl)CC1O. The highest BCUT2D eigenvalue weighted by molar-refractivity contribution is 6.30. The molecule has 1 aliphatic heterocycles. The van der Waals surface area contributed by atoms with Crippen LogP contribution in [-0.2, 0) is 0 Å². The number of alkyl halides is 2. The first kappa shape index (κ1) is 18.1. The lowest BCUT2D eigenvalue weighted by molar-refractivity contribution is 0.0435. The quantitative estimate of drug-likeness (QED) is 0.706. The third-order valence-electron chi connectivity index (χ3n) is 5.55. The molecule has 7 heteroatoms. The second-order valence-corrected chi connectivity index (χ2v) is 8.17. The van der Waals surface area contributed by atoms with Gasteiger partial charge < -0.3 is 20.7 Å². The lowest BCUT2D eigenvalue weighted by atomic mass is 9.74. The maximum Gasteiger partial charge on any atom is 0.249 e. The Morgan fingerprint density at radius 3 is 2.58 bits per heavy atom. The van der Waals surface area contributed by atoms with Gasteiger partial charge in [0, 0.05) is 43.0 Å². The molecule has 1 saturated carbocycles. The zero-order valence-corrected chi connectivity index (χ0v) is 15.1. The van der Waals surface area contributed by atoms with Crippen LogP contribution in [0.25, 0.3) is 0 Å². The Bertz CT molecular complexity index is 603. The molecule has 3 rings (SSSR count). The van der Waals surface area contributed by atoms with Crippen molar-refractivity contribution >= 4 is 28.9 Å². The van der Waals surface area contributed by atoms with E-state index in [1.807, 2.05) is 6.07 Å². The average Bonchev–Trinajstić information content (AvgIpc) is 2.58. The molecular weight excluding hydrogens is 349 g/mol. The summed E-state index contributed by atoms with van der Waals surface area (Å²) in [5.74, 6) is 0.372. The highest BCUT2D eigenvalue weighted by Crippen LogP contribution is 2.37. The molecule has 2 heterocycles. The molecule has 2 fully saturated rings. The number of nitrogens with zero attached hydrogens (tertiary/aromatic N) is 1. The third kappa shape index (κ3) is 3.90. The minimum atomic E-state index is -0.469. The van der Waals surface area contributed by atoms with Crippen LogP contribution in [-0.4, -0.2) is 46.1 Å². The number of aromatic amines is 1. The Kier molecular flexibility index (Phi) is 5.75. The zero-order valence-electron chi connectivity index (χ0n) is 13.6. The van der Waals surface area contributed by atoms with Crippen molar-refractivity contribution in [1.29, 1.82) is 0 Å². The summed E-state index contributed by atoms with van der Waals surface area (Å²) in [5, 5.41) is 10.0. The normalized spacial score (nSPS) is 33.4. The number of anilines is 1. The van der Waals surface area contributed by atoms with Crippen LogP contribution in [0.3, 0.4) is 0 Å². The molecule has 0 bridgehead atoms. The van der Waals surface area contributed by atoms with E-state index in [-0.39, 0.29) is 28.3 Å². The molecular formula is C17H25Cl2N3O2. The summed E-state index contributed by atoms with van der Waals surface area (Å²) in [6, 6.07) is 3.49. The van der Waals surface area contributed by atoms with Gasteiger partial charge in [-0.3, -0.25) is 4.79 Å². The molecule has 0 radical (unpaired) electrons. The highest BCUT2D eigenvalue weighted by Gasteiger charge is 2.40. The number of halogens is 2. The van der Waals surface area contributed by atoms with Gasteiger partial charge in [-0.25, -0.2) is 0 Å². The van der Waals surface area contributed by atoms with Gasteiger partial charge in [0.05, 0.1) is 16.9 Å². The Hall–Kier alpha value is -0.750. The molecule has 1 saturated heterocycles. The van der Waals surface area contributed by atoms with Gasteiger partial charge in [-0.15, -0.1) is 23.2 Å². The molecule has 2 aliphatic rings. The largest absolute Gasteiger partial charge is 0.393 e. The van der Waals surface area contributed by atoms with Crippen LogP contribution in [0.5, 0.6) is 0 Å². The molecule has 134 valence electrons. The number of aromatic nitrogens is 1. The van der Waals surface area contributed by atoms with Gasteiger partial charge in [0.2, 0.25) is 5.56 Å². The first-order valence-electron chi connectivity index (χ1n) is 8.61. The number of nitrogens with one attached hydrogen (secondary N) is 1. The summed E-state index contributed by atoms with van der Waals surface area (Å²) in [6.45, 7) is 1.74. The number of nitrogens with two attached hydrogens (primary N) is 1. The number of piperidine rings is 1. The van der Waals surface area contributed by atoms with E-state index in [1.54, 1.807) is 12.3 Å². The first-order valence-corrected chi connectivity index (χ1v) is 9.48. The highest BCUT2D eigenvalue weighted by atomic mass is 35.5. The molecule has 0 spiro atoms. The number of hydrogen-bond donors (Lipinski definition) is 3. The first-order chi connectivity index (χ1) is 11.5. The van der Waals surface area contributed by atoms with Gasteiger partial charge in [0.25, 0.3) is 0 Å². The van der Waals surface area contributed by atoms with Crippen molar-refractivity contribution in [2.75, 3.05) is 18.0 Å². The standard InChI is InChI=1S/C17H25Cl2N3O2/c18-13-8-12(15(23)9-14(13)19)17(20)10-2-5-22(6-3-10)11-1-4-21-16(24)7-11/h1,4,7,10,12-15,17,23H,2-3,5-6,8-9,20H2,(H,21,24)/t12?,13?,14?,15?,17-/m1/s1. The Morgan fingerprint density at radius 1 is 1.25 bits per heavy atom. The number of hydrogen-bond acceptors (Lipinski definition) is 4. The molecule has 1 aromatic rings. The summed E-state index contributed by atoms with van der Waals surface area (Å²) in [4.78, 5) is 16.3. The van der Waals surface area contributed by atoms with E-state index in [2.05, 4.69) is 9.88 Å². The molecule has 4 N–H and O–H groups in total. The minimum Gasteiger partial charge on any atom is -0.393 e. The van der Waals surface area contributed by atoms with Gasteiger partial charge in [0.15, 0.2) is 0 Å². The van der Waals surface area contributed by atoms with Crippen molar-refractivity contribution in [2.45, 2.75) is 48.6 Å². The molecule has 5 nitrogen and oxygen atoms in total. The van der Waals surface area contributed by atoms with E-state index in [0.717, 1.165) is 31.6 Å². The lowest BCUT2D eigenvalue weighted by Crippen LogP contribution is -2.51. The molecule has 4 unspecified atom stereocenters. The van der Waals surface area contributed by atoms with Crippen LogP contribution >= 0.6 is 23.2 Å². The molecule has 5 atom stereocenters. The van der Waals surface area contributed by atoms with E-state index in [9.17, 15) is 9.90 Å². The van der Waals surface area contributed by atoms with E-state index in [0.29, 0.717) is 18.8 Å². The Morgan fingerprint density at radius 2 is 1.92 bits per heavy atom. The van der Waals surface area contributed by atoms with Crippen molar-refractivity contribution in [2.24, 2.45) is 17.6 Å². The molecule has 1 aliphatic carbocycles. The van der Waals surface area contributed by atoms with Gasteiger partial charge >= 0.3 is 0 Å². The van der Waals surface area contributed by atoms with Crippen LogP contribution in [0.2, 0.25) is 0 Å². The molecule has 1 aromatic heterocycles. The van der Waals surface area contributed by atoms with Gasteiger partial charge in [-0.2, -0.15) is 0 Å². The summed E-state index contributed by atoms with van der Waals surface area (Å²) >= 11 is 12.4. The van der Waals surface area contributed by atoms with Crippen molar-refractivity contribution in [3.8, 4) is 0 Å². The topological polar surface area (TPSA) is 82.3 Å². The van der Waals surface area contributed by atoms with Crippen LogP contribution in [0, 0.1) is 11.8 Å². The number of aliphatic hydroxyl groups excluding tert-OH is 1. The van der Waals surface area contributed by atoms with Crippen LogP contribution in [0.1, 0.15) is 25.7 Å². The van der Waals surface area contributed by atoms with Crippen molar-refractivity contribution in [3.63, 3.8) is 0 Å². The summed E-state index contributed by atoms with van der Waals surface area (Å²) in [5.41, 5.74) is 7.36. The third-order valence-corrected chi connectivity index (χ3v) is 6.65. The second kappa shape index (κ2) is 7.65. The molecule has 0 aromatic carbocycles. The van der Waals surface area contributed by atoms with Crippen molar-refractivity contribution in [3.05, 3.63) is 28.7 Å². The monoisotopic (exact) mass is 373 g/mol. The second-order valence-electron chi connectivity index (χ2n) is 7.05. The van der Waals surface area contributed by atoms with E-state index >= 15 is 0 Å². The summed E-state index contributed by atoms with van der Waals surface area (Å²) < 4.78 is 0. The number of H-pyrrole nitrogens is 1. The number of pyridine rings is 1. The van der Waals surface area contributed by atoms with Gasteiger partial charge in [-0.05, 0) is 37.7 Å². The maximum atomic E-state index is 11.5. The predicted octanol–water partition coefficient (Wildman–Crippen LogP) is 1.90. The van der Waals surface area contributed by atoms with Crippen molar-refractivity contribution in [1.82, 2.24) is 4.98 Å². The average molecular weight is 374 g/mol. The minimum absolute atomic E-state index is 0.0126. The van der Waals surface area contributed by atoms with Crippen LogP contribution in [0.15, 0.2) is 23.1 Å². The summed E-state index contributed by atoms with van der Waals surface area (Å²) in [7, 11) is 0. The molecule has 0 amide bonds. The fourth-order valence-electron chi connectivity index (χ4n) is 4.05. The van der Waals surface area contributed by atoms with Gasteiger partial charge in [0.1, 0.15) is 0 Å². The van der Waals surface area contributed by atoms with E-state index in [1.165, 1.54) is 0 Å². The van der Waals surface area contributed by atoms with Crippen LogP contribution < -0.4 is 16.2 Å². The maximum absolute atomic E-state index is 11.5. The number of aliphatic hydroxyl groups is 1. The van der Waals surface area contributed by atoms with E-state index < -0.39 is 6.10 Å². The van der Waals surface area contributed by atoms with Crippen LogP contribution in [0.4, 0.5) is 5.69 Å².